The Morgan fingerprint density at radius 3 is 2.41 bits per heavy atom. The second-order valence-corrected chi connectivity index (χ2v) is 7.28. The molecule has 0 aliphatic heterocycles. The predicted molar refractivity (Wildman–Crippen MR) is 121 cm³/mol. The first-order chi connectivity index (χ1) is 15.5. The largest absolute Gasteiger partial charge is 0.481 e. The van der Waals surface area contributed by atoms with Crippen LogP contribution in [0, 0.1) is 0 Å². The molecule has 4 aromatic rings. The zero-order chi connectivity index (χ0) is 22.7. The predicted octanol–water partition coefficient (Wildman–Crippen LogP) is 2.93. The van der Waals surface area contributed by atoms with E-state index in [1.807, 2.05) is 30.3 Å². The molecule has 0 saturated carbocycles. The number of anilines is 1. The van der Waals surface area contributed by atoms with Gasteiger partial charge >= 0.3 is 11.7 Å². The SMILES string of the molecule is NCC(CCC(=O)O)n1c(=O)n(-c2ccc(Oc3ccccc3)cc2)c2c(N)nccc21. The maximum absolute atomic E-state index is 13.5. The Morgan fingerprint density at radius 2 is 1.75 bits per heavy atom. The maximum Gasteiger partial charge on any atom is 0.334 e. The second-order valence-electron chi connectivity index (χ2n) is 7.28. The number of aliphatic carboxylic acids is 1. The molecule has 9 heteroatoms. The van der Waals surface area contributed by atoms with E-state index < -0.39 is 12.0 Å². The van der Waals surface area contributed by atoms with Crippen LogP contribution >= 0.6 is 0 Å². The molecule has 0 amide bonds. The number of nitrogen functional groups attached to an aromatic ring is 1. The Balaban J connectivity index is 1.78. The molecule has 0 bridgehead atoms. The van der Waals surface area contributed by atoms with Crippen LogP contribution in [0.15, 0.2) is 71.7 Å². The minimum atomic E-state index is -0.949. The fourth-order valence-electron chi connectivity index (χ4n) is 3.71. The summed E-state index contributed by atoms with van der Waals surface area (Å²) in [6.45, 7) is 0.110. The zero-order valence-electron chi connectivity index (χ0n) is 17.2. The van der Waals surface area contributed by atoms with Crippen LogP contribution in [0.5, 0.6) is 11.5 Å². The van der Waals surface area contributed by atoms with Crippen molar-refractivity contribution in [2.24, 2.45) is 5.73 Å². The molecule has 164 valence electrons. The number of pyridine rings is 1. The maximum atomic E-state index is 13.5. The van der Waals surface area contributed by atoms with E-state index in [0.29, 0.717) is 28.2 Å². The number of hydrogen-bond acceptors (Lipinski definition) is 6. The Hall–Kier alpha value is -4.11. The molecule has 2 aromatic carbocycles. The first kappa shape index (κ1) is 21.1. The lowest BCUT2D eigenvalue weighted by atomic mass is 10.1. The van der Waals surface area contributed by atoms with Gasteiger partial charge in [-0.2, -0.15) is 0 Å². The van der Waals surface area contributed by atoms with Crippen molar-refractivity contribution in [2.45, 2.75) is 18.9 Å². The summed E-state index contributed by atoms with van der Waals surface area (Å²) in [7, 11) is 0. The number of nitrogens with two attached hydrogens (primary N) is 2. The van der Waals surface area contributed by atoms with Crippen molar-refractivity contribution >= 4 is 22.8 Å². The third-order valence-corrected chi connectivity index (χ3v) is 5.21. The van der Waals surface area contributed by atoms with Crippen LogP contribution in [-0.2, 0) is 4.79 Å². The molecule has 2 aromatic heterocycles. The lowest BCUT2D eigenvalue weighted by Gasteiger charge is -2.15. The van der Waals surface area contributed by atoms with Gasteiger partial charge in [-0.1, -0.05) is 18.2 Å². The van der Waals surface area contributed by atoms with Crippen LogP contribution in [0.25, 0.3) is 16.7 Å². The van der Waals surface area contributed by atoms with Gasteiger partial charge in [0.15, 0.2) is 0 Å². The minimum absolute atomic E-state index is 0.104. The quantitative estimate of drug-likeness (QED) is 0.388. The monoisotopic (exact) mass is 433 g/mol. The second kappa shape index (κ2) is 8.94. The molecule has 0 aliphatic rings. The molecule has 0 radical (unpaired) electrons. The lowest BCUT2D eigenvalue weighted by Crippen LogP contribution is -2.31. The number of rotatable bonds is 8. The summed E-state index contributed by atoms with van der Waals surface area (Å²) in [6, 6.07) is 17.6. The molecule has 0 saturated heterocycles. The number of carbonyl (C=O) groups is 1. The van der Waals surface area contributed by atoms with E-state index in [9.17, 15) is 9.59 Å². The molecule has 4 rings (SSSR count). The summed E-state index contributed by atoms with van der Waals surface area (Å²) in [5.74, 6) is 0.559. The molecule has 0 spiro atoms. The topological polar surface area (TPSA) is 138 Å². The summed E-state index contributed by atoms with van der Waals surface area (Å²) in [6.07, 6.45) is 1.63. The van der Waals surface area contributed by atoms with Crippen LogP contribution in [-0.4, -0.2) is 31.7 Å². The number of para-hydroxylation sites is 1. The molecule has 2 heterocycles. The van der Waals surface area contributed by atoms with Gasteiger partial charge in [0.05, 0.1) is 17.2 Å². The van der Waals surface area contributed by atoms with Crippen LogP contribution in [0.1, 0.15) is 18.9 Å². The number of aromatic nitrogens is 3. The summed E-state index contributed by atoms with van der Waals surface area (Å²) < 4.78 is 8.79. The highest BCUT2D eigenvalue weighted by Gasteiger charge is 2.23. The lowest BCUT2D eigenvalue weighted by molar-refractivity contribution is -0.137. The van der Waals surface area contributed by atoms with E-state index in [2.05, 4.69) is 4.98 Å². The Labute approximate surface area is 183 Å². The van der Waals surface area contributed by atoms with Gasteiger partial charge in [0.1, 0.15) is 22.8 Å². The van der Waals surface area contributed by atoms with Gasteiger partial charge in [0.25, 0.3) is 0 Å². The van der Waals surface area contributed by atoms with Crippen LogP contribution in [0.3, 0.4) is 0 Å². The zero-order valence-corrected chi connectivity index (χ0v) is 17.2. The van der Waals surface area contributed by atoms with Crippen LogP contribution < -0.4 is 21.9 Å². The van der Waals surface area contributed by atoms with E-state index in [1.165, 1.54) is 15.3 Å². The minimum Gasteiger partial charge on any atom is -0.481 e. The highest BCUT2D eigenvalue weighted by atomic mass is 16.5. The number of imidazole rings is 1. The smallest absolute Gasteiger partial charge is 0.334 e. The van der Waals surface area contributed by atoms with E-state index in [1.54, 1.807) is 30.3 Å². The van der Waals surface area contributed by atoms with Crippen molar-refractivity contribution in [3.05, 3.63) is 77.3 Å². The fourth-order valence-corrected chi connectivity index (χ4v) is 3.71. The van der Waals surface area contributed by atoms with E-state index in [4.69, 9.17) is 21.3 Å². The number of nitrogens with zero attached hydrogens (tertiary/aromatic N) is 3. The van der Waals surface area contributed by atoms with E-state index >= 15 is 0 Å². The van der Waals surface area contributed by atoms with Gasteiger partial charge < -0.3 is 21.3 Å². The molecular weight excluding hydrogens is 410 g/mol. The van der Waals surface area contributed by atoms with Gasteiger partial charge in [-0.25, -0.2) is 9.78 Å². The molecular formula is C23H23N5O4. The standard InChI is InChI=1S/C23H23N5O4/c24-14-16(8-11-20(29)30)27-19-12-13-26-22(25)21(19)28(23(27)31)15-6-9-18(10-7-15)32-17-4-2-1-3-5-17/h1-7,9-10,12-13,16H,8,11,14,24H2,(H2,25,26)(H,29,30). The van der Waals surface area contributed by atoms with Gasteiger partial charge in [0.2, 0.25) is 0 Å². The number of carboxylic acid groups (broad SMARTS) is 1. The number of fused-ring (bicyclic) bond motifs is 1. The number of carboxylic acids is 1. The summed E-state index contributed by atoms with van der Waals surface area (Å²) >= 11 is 0. The summed E-state index contributed by atoms with van der Waals surface area (Å²) in [5.41, 5.74) is 13.3. The molecule has 1 unspecified atom stereocenters. The average Bonchev–Trinajstić information content (AvgIpc) is 3.09. The van der Waals surface area contributed by atoms with E-state index in [0.717, 1.165) is 0 Å². The molecule has 0 fully saturated rings. The van der Waals surface area contributed by atoms with Gasteiger partial charge in [-0.05, 0) is 48.9 Å². The third-order valence-electron chi connectivity index (χ3n) is 5.21. The summed E-state index contributed by atoms with van der Waals surface area (Å²) in [4.78, 5) is 28.7. The Morgan fingerprint density at radius 1 is 1.06 bits per heavy atom. The molecule has 5 N–H and O–H groups in total. The van der Waals surface area contributed by atoms with Crippen molar-refractivity contribution < 1.29 is 14.6 Å². The molecule has 32 heavy (non-hydrogen) atoms. The highest BCUT2D eigenvalue weighted by Crippen LogP contribution is 2.27. The van der Waals surface area contributed by atoms with Crippen molar-refractivity contribution in [2.75, 3.05) is 12.3 Å². The van der Waals surface area contributed by atoms with Crippen molar-refractivity contribution in [3.63, 3.8) is 0 Å². The normalized spacial score (nSPS) is 12.0. The van der Waals surface area contributed by atoms with Gasteiger partial charge in [-0.3, -0.25) is 13.9 Å². The van der Waals surface area contributed by atoms with Gasteiger partial charge in [0, 0.05) is 19.2 Å². The van der Waals surface area contributed by atoms with Crippen LogP contribution in [0.2, 0.25) is 0 Å². The summed E-state index contributed by atoms with van der Waals surface area (Å²) in [5, 5.41) is 9.07. The highest BCUT2D eigenvalue weighted by molar-refractivity contribution is 5.87. The first-order valence-electron chi connectivity index (χ1n) is 10.1. The molecule has 1 atom stereocenters. The number of ether oxygens (including phenoxy) is 1. The van der Waals surface area contributed by atoms with Crippen molar-refractivity contribution in [1.82, 2.24) is 14.1 Å². The Bertz CT molecular complexity index is 1300. The first-order valence-corrected chi connectivity index (χ1v) is 10.1. The molecule has 9 nitrogen and oxygen atoms in total. The van der Waals surface area contributed by atoms with Gasteiger partial charge in [-0.15, -0.1) is 0 Å². The van der Waals surface area contributed by atoms with Crippen LogP contribution in [0.4, 0.5) is 5.82 Å². The average molecular weight is 433 g/mol. The number of hydrogen-bond donors (Lipinski definition) is 3. The van der Waals surface area contributed by atoms with Crippen molar-refractivity contribution in [3.8, 4) is 17.2 Å². The van der Waals surface area contributed by atoms with Crippen molar-refractivity contribution in [1.29, 1.82) is 0 Å². The molecule has 0 aliphatic carbocycles. The Kier molecular flexibility index (Phi) is 5.91. The fraction of sp³-hybridized carbons (Fsp3) is 0.174. The number of benzene rings is 2. The van der Waals surface area contributed by atoms with E-state index in [-0.39, 0.29) is 30.9 Å². The third kappa shape index (κ3) is 4.06.